The van der Waals surface area contributed by atoms with Gasteiger partial charge in [0.25, 0.3) is 7.82 Å². The van der Waals surface area contributed by atoms with E-state index in [0.29, 0.717) is 17.4 Å². The predicted octanol–water partition coefficient (Wildman–Crippen LogP) is 31.6. The number of hydrogen-bond acceptors (Lipinski definition) is 8. The Morgan fingerprint density at radius 2 is 0.509 bits per heavy atom. The van der Waals surface area contributed by atoms with Gasteiger partial charge in [0, 0.05) is 12.8 Å². The van der Waals surface area contributed by atoms with Crippen molar-refractivity contribution in [2.24, 2.45) is 0 Å². The minimum Gasteiger partial charge on any atom is -0.756 e. The van der Waals surface area contributed by atoms with Gasteiger partial charge in [0.1, 0.15) is 19.8 Å². The van der Waals surface area contributed by atoms with Crippen LogP contribution < -0.4 is 4.89 Å². The van der Waals surface area contributed by atoms with Crippen molar-refractivity contribution in [3.63, 3.8) is 0 Å². The molecule has 0 aromatic heterocycles. The van der Waals surface area contributed by atoms with Gasteiger partial charge in [0.15, 0.2) is 6.10 Å². The molecule has 9 nitrogen and oxygen atoms in total. The Labute approximate surface area is 662 Å². The summed E-state index contributed by atoms with van der Waals surface area (Å²) in [5, 5.41) is 0. The summed E-state index contributed by atoms with van der Waals surface area (Å²) in [6, 6.07) is 0. The molecular formula is C96H184NO8P. The molecule has 626 valence electrons. The van der Waals surface area contributed by atoms with E-state index >= 15 is 0 Å². The zero-order chi connectivity index (χ0) is 76.8. The monoisotopic (exact) mass is 1510 g/mol. The molecule has 10 heteroatoms. The highest BCUT2D eigenvalue weighted by Gasteiger charge is 2.22. The standard InChI is InChI=1S/C96H184NO8P/c1-6-8-10-12-14-16-18-20-22-24-26-28-30-32-34-36-38-40-42-44-46-48-50-52-54-56-58-60-62-64-66-68-70-72-74-76-78-80-82-84-86-88-95(98)102-92-94(93-104-106(100,101)103-91-90-97(3,4)5)105-96(99)89-87-85-83-81-79-77-75-73-71-69-67-65-63-61-59-57-55-53-51-49-47-45-43-41-39-37-35-33-31-29-27-25-23-21-19-17-15-13-11-9-7-2/h19,21,24-27,31,33,94H,6-18,20,22-23,28-30,32,34-93H2,1-5H3/b21-19-,26-24-,27-25-,33-31-. The normalized spacial score (nSPS) is 13.1. The van der Waals surface area contributed by atoms with Crippen LogP contribution in [0.5, 0.6) is 0 Å². The zero-order valence-electron chi connectivity index (χ0n) is 71.9. The summed E-state index contributed by atoms with van der Waals surface area (Å²) in [6.07, 6.45) is 117. The maximum Gasteiger partial charge on any atom is 0.306 e. The van der Waals surface area contributed by atoms with E-state index < -0.39 is 26.5 Å². The van der Waals surface area contributed by atoms with Gasteiger partial charge in [-0.3, -0.25) is 14.2 Å². The van der Waals surface area contributed by atoms with E-state index in [4.69, 9.17) is 18.5 Å². The third-order valence-electron chi connectivity index (χ3n) is 21.8. The Balaban J connectivity index is 3.81. The van der Waals surface area contributed by atoms with Crippen LogP contribution in [0.4, 0.5) is 0 Å². The first-order valence-electron chi connectivity index (χ1n) is 47.3. The molecule has 0 radical (unpaired) electrons. The molecule has 0 fully saturated rings. The minimum absolute atomic E-state index is 0.0269. The van der Waals surface area contributed by atoms with Crippen molar-refractivity contribution in [2.45, 2.75) is 508 Å². The minimum atomic E-state index is -4.65. The fourth-order valence-electron chi connectivity index (χ4n) is 14.6. The van der Waals surface area contributed by atoms with Gasteiger partial charge < -0.3 is 27.9 Å². The first-order chi connectivity index (χ1) is 52.0. The van der Waals surface area contributed by atoms with Crippen LogP contribution in [-0.4, -0.2) is 70.0 Å². The zero-order valence-corrected chi connectivity index (χ0v) is 72.8. The summed E-state index contributed by atoms with van der Waals surface area (Å²) in [7, 11) is 1.20. The Bertz CT molecular complexity index is 1930. The first kappa shape index (κ1) is 104. The first-order valence-corrected chi connectivity index (χ1v) is 48.8. The summed E-state index contributed by atoms with van der Waals surface area (Å²) in [6.45, 7) is 4.32. The van der Waals surface area contributed by atoms with E-state index in [9.17, 15) is 19.0 Å². The van der Waals surface area contributed by atoms with Gasteiger partial charge in [-0.15, -0.1) is 0 Å². The Morgan fingerprint density at radius 3 is 0.764 bits per heavy atom. The lowest BCUT2D eigenvalue weighted by Gasteiger charge is -2.28. The summed E-state index contributed by atoms with van der Waals surface area (Å²) < 4.78 is 34.5. The number of hydrogen-bond donors (Lipinski definition) is 0. The van der Waals surface area contributed by atoms with Crippen LogP contribution in [0.1, 0.15) is 502 Å². The number of phosphoric ester groups is 1. The lowest BCUT2D eigenvalue weighted by Crippen LogP contribution is -2.37. The summed E-state index contributed by atoms with van der Waals surface area (Å²) in [5.74, 6) is -0.803. The topological polar surface area (TPSA) is 111 Å². The largest absolute Gasteiger partial charge is 0.756 e. The molecule has 2 atom stereocenters. The number of carbonyl (C=O) groups is 2. The van der Waals surface area contributed by atoms with Crippen molar-refractivity contribution < 1.29 is 42.1 Å². The molecule has 0 aromatic carbocycles. The van der Waals surface area contributed by atoms with Gasteiger partial charge in [0.2, 0.25) is 0 Å². The molecule has 0 aliphatic heterocycles. The van der Waals surface area contributed by atoms with Crippen LogP contribution in [0.2, 0.25) is 0 Å². The third kappa shape index (κ3) is 90.9. The highest BCUT2D eigenvalue weighted by Crippen LogP contribution is 2.38. The number of carbonyl (C=O) groups excluding carboxylic acids is 2. The molecule has 0 bridgehead atoms. The van der Waals surface area contributed by atoms with Crippen molar-refractivity contribution >= 4 is 19.8 Å². The number of rotatable bonds is 90. The molecule has 0 amide bonds. The lowest BCUT2D eigenvalue weighted by atomic mass is 10.0. The van der Waals surface area contributed by atoms with Crippen LogP contribution in [0.25, 0.3) is 0 Å². The quantitative estimate of drug-likeness (QED) is 0.0195. The van der Waals surface area contributed by atoms with E-state index in [2.05, 4.69) is 62.5 Å². The molecule has 2 unspecified atom stereocenters. The van der Waals surface area contributed by atoms with E-state index in [-0.39, 0.29) is 32.0 Å². The number of nitrogens with zero attached hydrogens (tertiary/aromatic N) is 1. The smallest absolute Gasteiger partial charge is 0.306 e. The second-order valence-corrected chi connectivity index (χ2v) is 35.1. The average Bonchev–Trinajstić information content (AvgIpc) is 0.908. The van der Waals surface area contributed by atoms with E-state index in [0.717, 1.165) is 44.9 Å². The Hall–Kier alpha value is -2.03. The van der Waals surface area contributed by atoms with Crippen LogP contribution in [0.15, 0.2) is 48.6 Å². The molecule has 0 spiro atoms. The van der Waals surface area contributed by atoms with Crippen LogP contribution in [0.3, 0.4) is 0 Å². The average molecular weight is 1510 g/mol. The number of allylic oxidation sites excluding steroid dienone is 8. The number of likely N-dealkylation sites (N-methyl/N-ethyl adjacent to an activating group) is 1. The molecule has 0 N–H and O–H groups in total. The molecule has 0 aliphatic rings. The van der Waals surface area contributed by atoms with Gasteiger partial charge in [-0.1, -0.05) is 461 Å². The number of esters is 2. The van der Waals surface area contributed by atoms with Crippen molar-refractivity contribution in [3.05, 3.63) is 48.6 Å². The molecule has 0 saturated carbocycles. The Morgan fingerprint density at radius 1 is 0.292 bits per heavy atom. The maximum atomic E-state index is 12.9. The van der Waals surface area contributed by atoms with Crippen LogP contribution >= 0.6 is 7.82 Å². The van der Waals surface area contributed by atoms with Gasteiger partial charge in [0.05, 0.1) is 27.7 Å². The van der Waals surface area contributed by atoms with Crippen LogP contribution in [0, 0.1) is 0 Å². The molecule has 106 heavy (non-hydrogen) atoms. The van der Waals surface area contributed by atoms with Crippen molar-refractivity contribution in [1.82, 2.24) is 0 Å². The van der Waals surface area contributed by atoms with Crippen LogP contribution in [-0.2, 0) is 32.7 Å². The molecule has 0 saturated heterocycles. The number of quaternary nitrogens is 1. The molecule has 0 aliphatic carbocycles. The fraction of sp³-hybridized carbons (Fsp3) is 0.896. The van der Waals surface area contributed by atoms with E-state index in [1.165, 1.54) is 424 Å². The Kier molecular flexibility index (Phi) is 85.3. The number of phosphoric acid groups is 1. The number of unbranched alkanes of at least 4 members (excludes halogenated alkanes) is 68. The maximum absolute atomic E-state index is 12.9. The van der Waals surface area contributed by atoms with Gasteiger partial charge in [-0.25, -0.2) is 0 Å². The fourth-order valence-corrected chi connectivity index (χ4v) is 15.3. The molecule has 0 aromatic rings. The predicted molar refractivity (Wildman–Crippen MR) is 462 cm³/mol. The van der Waals surface area contributed by atoms with Gasteiger partial charge in [-0.2, -0.15) is 0 Å². The van der Waals surface area contributed by atoms with Crippen molar-refractivity contribution in [1.29, 1.82) is 0 Å². The third-order valence-corrected chi connectivity index (χ3v) is 22.8. The number of ether oxygens (including phenoxy) is 2. The second-order valence-electron chi connectivity index (χ2n) is 33.7. The highest BCUT2D eigenvalue weighted by atomic mass is 31.2. The van der Waals surface area contributed by atoms with Crippen molar-refractivity contribution in [2.75, 3.05) is 47.5 Å². The SMILES string of the molecule is CCCCCCC/C=C\C/C=C\C/C=C\CCCCCCCCCCCCCCCCCCCCCCCCCCCCC(=O)OC(COC(=O)CCCCCCCCCCCCCCCCCCCCCCCCCCCCCCC/C=C\CCCCCCCCCC)COP(=O)([O-])OCC[N+](C)(C)C. The second kappa shape index (κ2) is 86.9. The highest BCUT2D eigenvalue weighted by molar-refractivity contribution is 7.45. The molecule has 0 heterocycles. The summed E-state index contributed by atoms with van der Waals surface area (Å²) in [4.78, 5) is 38.3. The van der Waals surface area contributed by atoms with Gasteiger partial charge in [-0.05, 0) is 77.0 Å². The molecular weight excluding hydrogens is 1330 g/mol. The van der Waals surface area contributed by atoms with E-state index in [1.54, 1.807) is 0 Å². The lowest BCUT2D eigenvalue weighted by molar-refractivity contribution is -0.870. The molecule has 0 rings (SSSR count). The van der Waals surface area contributed by atoms with E-state index in [1.807, 2.05) is 21.1 Å². The van der Waals surface area contributed by atoms with Gasteiger partial charge >= 0.3 is 11.9 Å². The summed E-state index contributed by atoms with van der Waals surface area (Å²) >= 11 is 0. The van der Waals surface area contributed by atoms with Crippen molar-refractivity contribution in [3.8, 4) is 0 Å². The summed E-state index contributed by atoms with van der Waals surface area (Å²) in [5.41, 5.74) is 0.